The number of nitrogens with zero attached hydrogens (tertiary/aromatic N) is 1. The third-order valence-electron chi connectivity index (χ3n) is 2.53. The van der Waals surface area contributed by atoms with Crippen LogP contribution in [0, 0.1) is 20.8 Å². The minimum absolute atomic E-state index is 0.815. The molecule has 0 fully saturated rings. The summed E-state index contributed by atoms with van der Waals surface area (Å²) in [5, 5.41) is 1.20. The van der Waals surface area contributed by atoms with Crippen LogP contribution in [0.3, 0.4) is 0 Å². The van der Waals surface area contributed by atoms with E-state index in [1.165, 1.54) is 10.9 Å². The molecule has 0 atom stereocenters. The molecule has 2 aromatic rings. The van der Waals surface area contributed by atoms with Crippen LogP contribution < -0.4 is 5.73 Å². The summed E-state index contributed by atoms with van der Waals surface area (Å²) in [7, 11) is 0. The average molecular weight is 186 g/mol. The number of aromatic nitrogens is 1. The Balaban J connectivity index is 2.89. The van der Waals surface area contributed by atoms with Crippen LogP contribution >= 0.6 is 0 Å². The fraction of sp³-hybridized carbons (Fsp3) is 0.250. The molecule has 0 amide bonds. The van der Waals surface area contributed by atoms with E-state index in [2.05, 4.69) is 24.0 Å². The van der Waals surface area contributed by atoms with E-state index in [1.54, 1.807) is 0 Å². The first kappa shape index (κ1) is 9.00. The number of aryl methyl sites for hydroxylation is 3. The number of nitrogens with two attached hydrogens (primary N) is 1. The molecule has 1 aromatic carbocycles. The van der Waals surface area contributed by atoms with Crippen LogP contribution in [0.2, 0.25) is 0 Å². The molecular weight excluding hydrogens is 172 g/mol. The van der Waals surface area contributed by atoms with Gasteiger partial charge in [-0.05, 0) is 50.1 Å². The van der Waals surface area contributed by atoms with Crippen LogP contribution in [0.4, 0.5) is 5.69 Å². The highest BCUT2D eigenvalue weighted by Crippen LogP contribution is 2.23. The number of rotatable bonds is 0. The van der Waals surface area contributed by atoms with Crippen molar-refractivity contribution in [2.75, 3.05) is 5.73 Å². The van der Waals surface area contributed by atoms with E-state index >= 15 is 0 Å². The molecule has 72 valence electrons. The topological polar surface area (TPSA) is 38.9 Å². The van der Waals surface area contributed by atoms with Crippen LogP contribution in [0.25, 0.3) is 10.9 Å². The Morgan fingerprint density at radius 2 is 1.71 bits per heavy atom. The molecule has 0 radical (unpaired) electrons. The first-order valence-electron chi connectivity index (χ1n) is 4.72. The van der Waals surface area contributed by atoms with Crippen molar-refractivity contribution < 1.29 is 0 Å². The molecule has 14 heavy (non-hydrogen) atoms. The van der Waals surface area contributed by atoms with E-state index in [0.717, 1.165) is 22.5 Å². The van der Waals surface area contributed by atoms with Gasteiger partial charge in [0, 0.05) is 16.8 Å². The zero-order valence-electron chi connectivity index (χ0n) is 8.76. The molecule has 0 unspecified atom stereocenters. The Labute approximate surface area is 83.8 Å². The molecule has 0 saturated carbocycles. The highest BCUT2D eigenvalue weighted by Gasteiger charge is 2.02. The second-order valence-electron chi connectivity index (χ2n) is 3.81. The Bertz CT molecular complexity index is 501. The van der Waals surface area contributed by atoms with E-state index in [0.29, 0.717) is 0 Å². The largest absolute Gasteiger partial charge is 0.398 e. The monoisotopic (exact) mass is 186 g/mol. The molecule has 0 aliphatic rings. The van der Waals surface area contributed by atoms with Gasteiger partial charge in [0.05, 0.1) is 5.52 Å². The summed E-state index contributed by atoms with van der Waals surface area (Å²) in [5.74, 6) is 0. The van der Waals surface area contributed by atoms with Crippen molar-refractivity contribution in [2.45, 2.75) is 20.8 Å². The summed E-state index contributed by atoms with van der Waals surface area (Å²) in [5.41, 5.74) is 11.1. The van der Waals surface area contributed by atoms with Crippen molar-refractivity contribution in [3.63, 3.8) is 0 Å². The van der Waals surface area contributed by atoms with Gasteiger partial charge in [-0.1, -0.05) is 0 Å². The van der Waals surface area contributed by atoms with Gasteiger partial charge in [-0.2, -0.15) is 0 Å². The summed E-state index contributed by atoms with van der Waals surface area (Å²) >= 11 is 0. The molecule has 2 N–H and O–H groups in total. The molecule has 0 bridgehead atoms. The van der Waals surface area contributed by atoms with E-state index < -0.39 is 0 Å². The standard InChI is InChI=1S/C12H14N2/c1-7-4-9(3)14-12-6-11(13)8(2)5-10(7)12/h4-6H,13H2,1-3H3. The summed E-state index contributed by atoms with van der Waals surface area (Å²) in [6, 6.07) is 6.15. The van der Waals surface area contributed by atoms with Gasteiger partial charge in [0.15, 0.2) is 0 Å². The molecule has 1 aromatic heterocycles. The molecule has 0 aliphatic heterocycles. The smallest absolute Gasteiger partial charge is 0.0728 e. The van der Waals surface area contributed by atoms with Crippen molar-refractivity contribution in [1.82, 2.24) is 4.98 Å². The summed E-state index contributed by atoms with van der Waals surface area (Å²) in [6.45, 7) is 6.13. The quantitative estimate of drug-likeness (QED) is 0.642. The second kappa shape index (κ2) is 2.98. The minimum Gasteiger partial charge on any atom is -0.398 e. The minimum atomic E-state index is 0.815. The molecule has 0 spiro atoms. The van der Waals surface area contributed by atoms with Crippen LogP contribution in [0.1, 0.15) is 16.8 Å². The number of hydrogen-bond acceptors (Lipinski definition) is 2. The lowest BCUT2D eigenvalue weighted by molar-refractivity contribution is 1.23. The molecular formula is C12H14N2. The highest BCUT2D eigenvalue weighted by atomic mass is 14.7. The van der Waals surface area contributed by atoms with Crippen molar-refractivity contribution in [2.24, 2.45) is 0 Å². The Hall–Kier alpha value is -1.57. The normalized spacial score (nSPS) is 10.8. The molecule has 2 rings (SSSR count). The average Bonchev–Trinajstić information content (AvgIpc) is 2.08. The number of nitrogen functional groups attached to an aromatic ring is 1. The lowest BCUT2D eigenvalue weighted by Gasteiger charge is -2.06. The molecule has 1 heterocycles. The fourth-order valence-electron chi connectivity index (χ4n) is 1.73. The van der Waals surface area contributed by atoms with E-state index in [1.807, 2.05) is 19.9 Å². The maximum atomic E-state index is 5.85. The Morgan fingerprint density at radius 1 is 1.00 bits per heavy atom. The Morgan fingerprint density at radius 3 is 2.43 bits per heavy atom. The highest BCUT2D eigenvalue weighted by molar-refractivity contribution is 5.86. The second-order valence-corrected chi connectivity index (χ2v) is 3.81. The third-order valence-corrected chi connectivity index (χ3v) is 2.53. The van der Waals surface area contributed by atoms with Crippen molar-refractivity contribution in [1.29, 1.82) is 0 Å². The number of anilines is 1. The van der Waals surface area contributed by atoms with E-state index in [9.17, 15) is 0 Å². The van der Waals surface area contributed by atoms with Crippen molar-refractivity contribution >= 4 is 16.6 Å². The van der Waals surface area contributed by atoms with Crippen molar-refractivity contribution in [3.8, 4) is 0 Å². The first-order chi connectivity index (χ1) is 6.58. The Kier molecular flexibility index (Phi) is 1.92. The fourth-order valence-corrected chi connectivity index (χ4v) is 1.73. The number of pyridine rings is 1. The van der Waals surface area contributed by atoms with Gasteiger partial charge in [0.25, 0.3) is 0 Å². The van der Waals surface area contributed by atoms with E-state index in [-0.39, 0.29) is 0 Å². The van der Waals surface area contributed by atoms with Gasteiger partial charge >= 0.3 is 0 Å². The van der Waals surface area contributed by atoms with Gasteiger partial charge in [-0.3, -0.25) is 4.98 Å². The van der Waals surface area contributed by atoms with Crippen LogP contribution in [-0.2, 0) is 0 Å². The summed E-state index contributed by atoms with van der Waals surface area (Å²) in [4.78, 5) is 4.46. The molecule has 2 nitrogen and oxygen atoms in total. The lowest BCUT2D eigenvalue weighted by atomic mass is 10.1. The zero-order valence-corrected chi connectivity index (χ0v) is 8.76. The van der Waals surface area contributed by atoms with Gasteiger partial charge in [0.2, 0.25) is 0 Å². The maximum Gasteiger partial charge on any atom is 0.0728 e. The summed E-state index contributed by atoms with van der Waals surface area (Å²) in [6.07, 6.45) is 0. The van der Waals surface area contributed by atoms with Gasteiger partial charge in [-0.25, -0.2) is 0 Å². The van der Waals surface area contributed by atoms with Gasteiger partial charge in [-0.15, -0.1) is 0 Å². The van der Waals surface area contributed by atoms with Gasteiger partial charge < -0.3 is 5.73 Å². The molecule has 0 aliphatic carbocycles. The van der Waals surface area contributed by atoms with Gasteiger partial charge in [0.1, 0.15) is 0 Å². The predicted molar refractivity (Wildman–Crippen MR) is 60.4 cm³/mol. The van der Waals surface area contributed by atoms with Crippen LogP contribution in [0.15, 0.2) is 18.2 Å². The first-order valence-corrected chi connectivity index (χ1v) is 4.72. The lowest BCUT2D eigenvalue weighted by Crippen LogP contribution is -1.93. The third kappa shape index (κ3) is 1.33. The van der Waals surface area contributed by atoms with Crippen LogP contribution in [0.5, 0.6) is 0 Å². The predicted octanol–water partition coefficient (Wildman–Crippen LogP) is 2.74. The summed E-state index contributed by atoms with van der Waals surface area (Å²) < 4.78 is 0. The van der Waals surface area contributed by atoms with Crippen molar-refractivity contribution in [3.05, 3.63) is 35.0 Å². The molecule has 0 saturated heterocycles. The molecule has 2 heteroatoms. The van der Waals surface area contributed by atoms with Crippen LogP contribution in [-0.4, -0.2) is 4.98 Å². The number of fused-ring (bicyclic) bond motifs is 1. The maximum absolute atomic E-state index is 5.85. The van der Waals surface area contributed by atoms with E-state index in [4.69, 9.17) is 5.73 Å². The number of benzene rings is 1. The zero-order chi connectivity index (χ0) is 10.3. The SMILES string of the molecule is Cc1cc(C)c2cc(C)c(N)cc2n1. The number of hydrogen-bond donors (Lipinski definition) is 1.